The van der Waals surface area contributed by atoms with Gasteiger partial charge in [0.25, 0.3) is 0 Å². The van der Waals surface area contributed by atoms with E-state index in [-0.39, 0.29) is 5.84 Å². The summed E-state index contributed by atoms with van der Waals surface area (Å²) >= 11 is 0. The molecule has 0 aliphatic rings. The van der Waals surface area contributed by atoms with E-state index in [0.717, 1.165) is 12.2 Å². The molecule has 0 fully saturated rings. The van der Waals surface area contributed by atoms with Crippen LogP contribution >= 0.6 is 0 Å². The van der Waals surface area contributed by atoms with Crippen molar-refractivity contribution in [3.63, 3.8) is 0 Å². The number of nitrogen functional groups attached to an aromatic ring is 1. The highest BCUT2D eigenvalue weighted by atomic mass is 14.8. The second-order valence-corrected chi connectivity index (χ2v) is 2.48. The lowest BCUT2D eigenvalue weighted by Gasteiger charge is -2.00. The molecule has 1 rings (SSSR count). The van der Waals surface area contributed by atoms with Crippen molar-refractivity contribution in [3.05, 3.63) is 29.6 Å². The van der Waals surface area contributed by atoms with Crippen LogP contribution in [0.3, 0.4) is 0 Å². The highest BCUT2D eigenvalue weighted by Gasteiger charge is 1.96. The summed E-state index contributed by atoms with van der Waals surface area (Å²) in [5.74, 6) is 0.0542. The lowest BCUT2D eigenvalue weighted by atomic mass is 10.2. The smallest absolute Gasteiger partial charge is 0.124 e. The summed E-state index contributed by atoms with van der Waals surface area (Å²) in [6.07, 6.45) is 1.61. The van der Waals surface area contributed by atoms with Crippen molar-refractivity contribution in [3.8, 4) is 0 Å². The average molecular weight is 164 g/mol. The summed E-state index contributed by atoms with van der Waals surface area (Å²) in [7, 11) is 1.86. The van der Waals surface area contributed by atoms with Gasteiger partial charge in [-0.05, 0) is 19.2 Å². The van der Waals surface area contributed by atoms with E-state index in [1.165, 1.54) is 0 Å². The lowest BCUT2D eigenvalue weighted by Crippen LogP contribution is -2.12. The van der Waals surface area contributed by atoms with Gasteiger partial charge in [-0.2, -0.15) is 0 Å². The zero-order chi connectivity index (χ0) is 8.97. The summed E-state index contributed by atoms with van der Waals surface area (Å²) in [4.78, 5) is 4.11. The molecule has 0 bridgehead atoms. The number of hydrogen-bond donors (Lipinski definition) is 3. The Morgan fingerprint density at radius 3 is 2.83 bits per heavy atom. The molecular weight excluding hydrogens is 152 g/mol. The van der Waals surface area contributed by atoms with Crippen molar-refractivity contribution in [2.24, 2.45) is 5.73 Å². The zero-order valence-corrected chi connectivity index (χ0v) is 6.96. The lowest BCUT2D eigenvalue weighted by molar-refractivity contribution is 0.791. The molecule has 4 nitrogen and oxygen atoms in total. The first-order chi connectivity index (χ1) is 5.74. The largest absolute Gasteiger partial charge is 0.384 e. The second kappa shape index (κ2) is 3.82. The van der Waals surface area contributed by atoms with E-state index in [4.69, 9.17) is 11.1 Å². The first kappa shape index (κ1) is 8.67. The molecular formula is C8H12N4. The van der Waals surface area contributed by atoms with Gasteiger partial charge in [-0.3, -0.25) is 10.4 Å². The number of aromatic nitrogens is 1. The van der Waals surface area contributed by atoms with Gasteiger partial charge < -0.3 is 11.1 Å². The maximum Gasteiger partial charge on any atom is 0.124 e. The van der Waals surface area contributed by atoms with Gasteiger partial charge in [0, 0.05) is 18.3 Å². The molecule has 0 amide bonds. The first-order valence-electron chi connectivity index (χ1n) is 3.68. The fourth-order valence-electron chi connectivity index (χ4n) is 0.870. The molecule has 0 unspecified atom stereocenters. The van der Waals surface area contributed by atoms with Crippen molar-refractivity contribution >= 4 is 5.84 Å². The molecule has 64 valence electrons. The van der Waals surface area contributed by atoms with Crippen LogP contribution in [0.5, 0.6) is 0 Å². The number of amidine groups is 1. The van der Waals surface area contributed by atoms with Gasteiger partial charge in [0.15, 0.2) is 0 Å². The maximum absolute atomic E-state index is 7.13. The number of nitrogens with two attached hydrogens (primary N) is 1. The molecule has 4 N–H and O–H groups in total. The number of nitrogens with zero attached hydrogens (tertiary/aromatic N) is 1. The summed E-state index contributed by atoms with van der Waals surface area (Å²) in [5, 5.41) is 10.1. The Kier molecular flexibility index (Phi) is 2.76. The van der Waals surface area contributed by atoms with Crippen LogP contribution in [-0.4, -0.2) is 17.9 Å². The number of nitrogens with one attached hydrogen (secondary N) is 2. The monoisotopic (exact) mass is 164 g/mol. The van der Waals surface area contributed by atoms with Gasteiger partial charge in [0.05, 0.1) is 5.69 Å². The predicted molar refractivity (Wildman–Crippen MR) is 48.0 cm³/mol. The summed E-state index contributed by atoms with van der Waals surface area (Å²) in [6.45, 7) is 0.734. The fourth-order valence-corrected chi connectivity index (χ4v) is 0.870. The Labute approximate surface area is 71.3 Å². The van der Waals surface area contributed by atoms with Crippen molar-refractivity contribution < 1.29 is 0 Å². The standard InChI is InChI=1S/C8H12N4/c1-11-5-7-3-2-6(4-12-7)8(9)10/h2-4,11H,5H2,1H3,(H3,9,10). The molecule has 0 aliphatic heterocycles. The van der Waals surface area contributed by atoms with Gasteiger partial charge in [-0.25, -0.2) is 0 Å². The Balaban J connectivity index is 2.78. The normalized spacial score (nSPS) is 9.75. The molecule has 0 aromatic carbocycles. The molecule has 1 aromatic rings. The highest BCUT2D eigenvalue weighted by molar-refractivity contribution is 5.94. The van der Waals surface area contributed by atoms with Crippen LogP contribution in [0.25, 0.3) is 0 Å². The Bertz CT molecular complexity index is 265. The summed E-state index contributed by atoms with van der Waals surface area (Å²) < 4.78 is 0. The van der Waals surface area contributed by atoms with Crippen molar-refractivity contribution in [1.82, 2.24) is 10.3 Å². The van der Waals surface area contributed by atoms with Crippen molar-refractivity contribution in [2.75, 3.05) is 7.05 Å². The average Bonchev–Trinajstić information content (AvgIpc) is 2.06. The minimum atomic E-state index is 0.0542. The van der Waals surface area contributed by atoms with E-state index in [1.807, 2.05) is 13.1 Å². The highest BCUT2D eigenvalue weighted by Crippen LogP contribution is 1.98. The van der Waals surface area contributed by atoms with E-state index < -0.39 is 0 Å². The van der Waals surface area contributed by atoms with Gasteiger partial charge in [0.2, 0.25) is 0 Å². The molecule has 0 aliphatic carbocycles. The molecule has 0 atom stereocenters. The van der Waals surface area contributed by atoms with Crippen molar-refractivity contribution in [1.29, 1.82) is 5.41 Å². The number of rotatable bonds is 3. The SMILES string of the molecule is CNCc1ccc(C(=N)N)cn1. The van der Waals surface area contributed by atoms with Crippen LogP contribution in [-0.2, 0) is 6.54 Å². The van der Waals surface area contributed by atoms with Crippen LogP contribution in [0.1, 0.15) is 11.3 Å². The molecule has 1 aromatic heterocycles. The zero-order valence-electron chi connectivity index (χ0n) is 6.96. The van der Waals surface area contributed by atoms with Crippen LogP contribution in [0, 0.1) is 5.41 Å². The molecule has 0 spiro atoms. The molecule has 4 heteroatoms. The van der Waals surface area contributed by atoms with E-state index in [1.54, 1.807) is 12.3 Å². The van der Waals surface area contributed by atoms with Gasteiger partial charge in [-0.1, -0.05) is 0 Å². The van der Waals surface area contributed by atoms with Gasteiger partial charge in [-0.15, -0.1) is 0 Å². The minimum Gasteiger partial charge on any atom is -0.384 e. The summed E-state index contributed by atoms with van der Waals surface area (Å²) in [5.41, 5.74) is 6.87. The van der Waals surface area contributed by atoms with Crippen LogP contribution < -0.4 is 11.1 Å². The van der Waals surface area contributed by atoms with E-state index in [9.17, 15) is 0 Å². The minimum absolute atomic E-state index is 0.0542. The predicted octanol–water partition coefficient (Wildman–Crippen LogP) is 0.0851. The van der Waals surface area contributed by atoms with Crippen LogP contribution in [0.15, 0.2) is 18.3 Å². The molecule has 0 saturated carbocycles. The van der Waals surface area contributed by atoms with Gasteiger partial charge >= 0.3 is 0 Å². The molecule has 0 saturated heterocycles. The molecule has 0 radical (unpaired) electrons. The van der Waals surface area contributed by atoms with E-state index in [0.29, 0.717) is 5.56 Å². The second-order valence-electron chi connectivity index (χ2n) is 2.48. The third-order valence-corrected chi connectivity index (χ3v) is 1.49. The maximum atomic E-state index is 7.13. The Morgan fingerprint density at radius 2 is 2.42 bits per heavy atom. The topological polar surface area (TPSA) is 74.8 Å². The molecule has 12 heavy (non-hydrogen) atoms. The quantitative estimate of drug-likeness (QED) is 0.437. The Hall–Kier alpha value is -1.42. The van der Waals surface area contributed by atoms with Crippen LogP contribution in [0.4, 0.5) is 0 Å². The fraction of sp³-hybridized carbons (Fsp3) is 0.250. The third-order valence-electron chi connectivity index (χ3n) is 1.49. The van der Waals surface area contributed by atoms with Crippen molar-refractivity contribution in [2.45, 2.75) is 6.54 Å². The van der Waals surface area contributed by atoms with Crippen LogP contribution in [0.2, 0.25) is 0 Å². The number of pyridine rings is 1. The first-order valence-corrected chi connectivity index (χ1v) is 3.68. The van der Waals surface area contributed by atoms with E-state index in [2.05, 4.69) is 10.3 Å². The number of hydrogen-bond acceptors (Lipinski definition) is 3. The van der Waals surface area contributed by atoms with Gasteiger partial charge in [0.1, 0.15) is 5.84 Å². The van der Waals surface area contributed by atoms with E-state index >= 15 is 0 Å². The molecule has 1 heterocycles. The third kappa shape index (κ3) is 2.03. The Morgan fingerprint density at radius 1 is 1.67 bits per heavy atom. The summed E-state index contributed by atoms with van der Waals surface area (Å²) in [6, 6.07) is 3.65.